The lowest BCUT2D eigenvalue weighted by Crippen LogP contribution is -2.48. The first-order valence-corrected chi connectivity index (χ1v) is 8.21. The van der Waals surface area contributed by atoms with Gasteiger partial charge in [-0.2, -0.15) is 5.10 Å². The average Bonchev–Trinajstić information content (AvgIpc) is 3.02. The number of rotatable bonds is 4. The number of benzene rings is 1. The van der Waals surface area contributed by atoms with Gasteiger partial charge in [-0.15, -0.1) is 0 Å². The molecule has 2 heterocycles. The molecule has 25 heavy (non-hydrogen) atoms. The highest BCUT2D eigenvalue weighted by Crippen LogP contribution is 2.31. The molecule has 2 amide bonds. The number of hydrogen-bond acceptors (Lipinski definition) is 4. The minimum absolute atomic E-state index is 0.112. The third-order valence-electron chi connectivity index (χ3n) is 4.48. The number of nitrogens with zero attached hydrogens (tertiary/aromatic N) is 4. The Kier molecular flexibility index (Phi) is 4.74. The van der Waals surface area contributed by atoms with E-state index < -0.39 is 0 Å². The minimum Gasteiger partial charge on any atom is -0.496 e. The van der Waals surface area contributed by atoms with Gasteiger partial charge < -0.3 is 14.5 Å². The van der Waals surface area contributed by atoms with Gasteiger partial charge in [0.25, 0.3) is 5.91 Å². The van der Waals surface area contributed by atoms with Crippen molar-refractivity contribution in [2.75, 3.05) is 33.3 Å². The van der Waals surface area contributed by atoms with E-state index in [-0.39, 0.29) is 5.91 Å². The van der Waals surface area contributed by atoms with E-state index in [9.17, 15) is 9.59 Å². The Balaban J connectivity index is 1.87. The Morgan fingerprint density at radius 1 is 1.20 bits per heavy atom. The van der Waals surface area contributed by atoms with Crippen LogP contribution in [-0.2, 0) is 11.8 Å². The van der Waals surface area contributed by atoms with Gasteiger partial charge in [0.1, 0.15) is 5.75 Å². The van der Waals surface area contributed by atoms with Crippen LogP contribution in [0.15, 0.2) is 24.3 Å². The van der Waals surface area contributed by atoms with Crippen LogP contribution in [0.2, 0.25) is 0 Å². The first-order chi connectivity index (χ1) is 12.0. The van der Waals surface area contributed by atoms with Gasteiger partial charge in [-0.1, -0.05) is 11.6 Å². The summed E-state index contributed by atoms with van der Waals surface area (Å²) in [4.78, 5) is 26.9. The fraction of sp³-hybridized carbons (Fsp3) is 0.389. The summed E-state index contributed by atoms with van der Waals surface area (Å²) in [6, 6.07) is 7.72. The quantitative estimate of drug-likeness (QED) is 0.786. The van der Waals surface area contributed by atoms with Crippen LogP contribution >= 0.6 is 0 Å². The van der Waals surface area contributed by atoms with E-state index >= 15 is 0 Å². The van der Waals surface area contributed by atoms with Crippen molar-refractivity contribution in [2.24, 2.45) is 7.05 Å². The van der Waals surface area contributed by atoms with Gasteiger partial charge in [0.05, 0.1) is 12.8 Å². The lowest BCUT2D eigenvalue weighted by molar-refractivity contribution is -0.119. The predicted molar refractivity (Wildman–Crippen MR) is 93.5 cm³/mol. The topological polar surface area (TPSA) is 67.7 Å². The highest BCUT2D eigenvalue weighted by Gasteiger charge is 2.24. The number of methoxy groups -OCH3 is 1. The minimum atomic E-state index is -0.112. The van der Waals surface area contributed by atoms with Crippen molar-refractivity contribution in [3.8, 4) is 17.0 Å². The zero-order valence-electron chi connectivity index (χ0n) is 14.7. The Morgan fingerprint density at radius 3 is 2.56 bits per heavy atom. The SMILES string of the molecule is COc1ccc(C)cc1-c1cc(C(=O)N2CCN(C=O)CC2)nn1C. The van der Waals surface area contributed by atoms with E-state index in [1.54, 1.807) is 27.7 Å². The Morgan fingerprint density at radius 2 is 1.92 bits per heavy atom. The smallest absolute Gasteiger partial charge is 0.274 e. The normalized spacial score (nSPS) is 14.5. The average molecular weight is 342 g/mol. The molecule has 0 atom stereocenters. The summed E-state index contributed by atoms with van der Waals surface area (Å²) in [6.07, 6.45) is 0.824. The molecule has 0 bridgehead atoms. The molecule has 0 N–H and O–H groups in total. The molecule has 0 aliphatic carbocycles. The fourth-order valence-electron chi connectivity index (χ4n) is 3.04. The molecule has 0 spiro atoms. The largest absolute Gasteiger partial charge is 0.496 e. The maximum absolute atomic E-state index is 12.7. The van der Waals surface area contributed by atoms with Gasteiger partial charge in [0.15, 0.2) is 5.69 Å². The monoisotopic (exact) mass is 342 g/mol. The molecule has 0 saturated carbocycles. The third kappa shape index (κ3) is 3.35. The zero-order valence-corrected chi connectivity index (χ0v) is 14.7. The van der Waals surface area contributed by atoms with Gasteiger partial charge in [0, 0.05) is 38.8 Å². The van der Waals surface area contributed by atoms with Crippen LogP contribution in [-0.4, -0.2) is 65.2 Å². The lowest BCUT2D eigenvalue weighted by Gasteiger charge is -2.32. The van der Waals surface area contributed by atoms with Gasteiger partial charge in [0.2, 0.25) is 6.41 Å². The van der Waals surface area contributed by atoms with Crippen molar-refractivity contribution in [3.63, 3.8) is 0 Å². The number of aryl methyl sites for hydroxylation is 2. The molecule has 1 fully saturated rings. The van der Waals surface area contributed by atoms with Gasteiger partial charge in [-0.05, 0) is 25.1 Å². The standard InChI is InChI=1S/C18H22N4O3/c1-13-4-5-17(25-3)14(10-13)16-11-15(19-20(16)2)18(24)22-8-6-21(12-23)7-9-22/h4-5,10-12H,6-9H2,1-3H3. The molecule has 1 aliphatic heterocycles. The summed E-state index contributed by atoms with van der Waals surface area (Å²) >= 11 is 0. The van der Waals surface area contributed by atoms with E-state index in [1.807, 2.05) is 32.2 Å². The molecular formula is C18H22N4O3. The molecular weight excluding hydrogens is 320 g/mol. The van der Waals surface area contributed by atoms with Crippen molar-refractivity contribution in [1.82, 2.24) is 19.6 Å². The maximum atomic E-state index is 12.7. The summed E-state index contributed by atoms with van der Waals surface area (Å²) in [7, 11) is 3.45. The number of hydrogen-bond donors (Lipinski definition) is 0. The van der Waals surface area contributed by atoms with Crippen LogP contribution in [0.25, 0.3) is 11.3 Å². The number of amides is 2. The van der Waals surface area contributed by atoms with Crippen molar-refractivity contribution in [2.45, 2.75) is 6.92 Å². The first kappa shape index (κ1) is 17.0. The van der Waals surface area contributed by atoms with Crippen LogP contribution in [0.3, 0.4) is 0 Å². The van der Waals surface area contributed by atoms with Crippen molar-refractivity contribution in [1.29, 1.82) is 0 Å². The molecule has 7 heteroatoms. The fourth-order valence-corrected chi connectivity index (χ4v) is 3.04. The summed E-state index contributed by atoms with van der Waals surface area (Å²) < 4.78 is 7.15. The number of ether oxygens (including phenoxy) is 1. The molecule has 3 rings (SSSR count). The second-order valence-electron chi connectivity index (χ2n) is 6.18. The summed E-state index contributed by atoms with van der Waals surface area (Å²) in [5, 5.41) is 4.39. The number of carbonyl (C=O) groups excluding carboxylic acids is 2. The molecule has 1 aliphatic rings. The van der Waals surface area contributed by atoms with Crippen LogP contribution in [0.5, 0.6) is 5.75 Å². The second-order valence-corrected chi connectivity index (χ2v) is 6.18. The van der Waals surface area contributed by atoms with E-state index in [0.29, 0.717) is 31.9 Å². The van der Waals surface area contributed by atoms with Gasteiger partial charge >= 0.3 is 0 Å². The van der Waals surface area contributed by atoms with E-state index in [1.165, 1.54) is 0 Å². The molecule has 132 valence electrons. The third-order valence-corrected chi connectivity index (χ3v) is 4.48. The molecule has 1 aromatic carbocycles. The number of carbonyl (C=O) groups is 2. The molecule has 2 aromatic rings. The van der Waals surface area contributed by atoms with Crippen molar-refractivity contribution >= 4 is 12.3 Å². The lowest BCUT2D eigenvalue weighted by atomic mass is 10.1. The Hall–Kier alpha value is -2.83. The van der Waals surface area contributed by atoms with Crippen molar-refractivity contribution in [3.05, 3.63) is 35.5 Å². The summed E-state index contributed by atoms with van der Waals surface area (Å²) in [5.74, 6) is 0.631. The highest BCUT2D eigenvalue weighted by molar-refractivity contribution is 5.93. The Labute approximate surface area is 146 Å². The number of aromatic nitrogens is 2. The first-order valence-electron chi connectivity index (χ1n) is 8.21. The van der Waals surface area contributed by atoms with E-state index in [4.69, 9.17) is 4.74 Å². The predicted octanol–water partition coefficient (Wildman–Crippen LogP) is 1.32. The van der Waals surface area contributed by atoms with Gasteiger partial charge in [-0.3, -0.25) is 14.3 Å². The summed E-state index contributed by atoms with van der Waals surface area (Å²) in [5.41, 5.74) is 3.24. The molecule has 1 aromatic heterocycles. The van der Waals surface area contributed by atoms with E-state index in [0.717, 1.165) is 29.0 Å². The highest BCUT2D eigenvalue weighted by atomic mass is 16.5. The second kappa shape index (κ2) is 6.96. The van der Waals surface area contributed by atoms with Crippen LogP contribution in [0, 0.1) is 6.92 Å². The molecule has 0 unspecified atom stereocenters. The zero-order chi connectivity index (χ0) is 18.0. The van der Waals surface area contributed by atoms with Crippen LogP contribution < -0.4 is 4.74 Å². The number of piperazine rings is 1. The molecule has 0 radical (unpaired) electrons. The van der Waals surface area contributed by atoms with Crippen LogP contribution in [0.1, 0.15) is 16.1 Å². The van der Waals surface area contributed by atoms with Gasteiger partial charge in [-0.25, -0.2) is 0 Å². The maximum Gasteiger partial charge on any atom is 0.274 e. The van der Waals surface area contributed by atoms with Crippen LogP contribution in [0.4, 0.5) is 0 Å². The summed E-state index contributed by atoms with van der Waals surface area (Å²) in [6.45, 7) is 4.17. The van der Waals surface area contributed by atoms with E-state index in [2.05, 4.69) is 5.10 Å². The van der Waals surface area contributed by atoms with Crippen molar-refractivity contribution < 1.29 is 14.3 Å². The molecule has 7 nitrogen and oxygen atoms in total. The Bertz CT molecular complexity index is 792. The molecule has 1 saturated heterocycles.